The molecule has 0 atom stereocenters. The normalized spacial score (nSPS) is 16.0. The molecule has 1 amide bonds. The second-order valence-electron chi connectivity index (χ2n) is 6.02. The van der Waals surface area contributed by atoms with Gasteiger partial charge in [-0.2, -0.15) is 0 Å². The summed E-state index contributed by atoms with van der Waals surface area (Å²) in [7, 11) is 0. The molecule has 1 aromatic heterocycles. The van der Waals surface area contributed by atoms with Crippen molar-refractivity contribution < 1.29 is 14.3 Å². The first-order valence-corrected chi connectivity index (χ1v) is 7.77. The molecule has 0 N–H and O–H groups in total. The Balaban J connectivity index is 1.90. The van der Waals surface area contributed by atoms with E-state index in [1.54, 1.807) is 11.1 Å². The lowest BCUT2D eigenvalue weighted by molar-refractivity contribution is 0.0240. The number of aromatic nitrogens is 1. The number of rotatable bonds is 2. The molecule has 6 nitrogen and oxygen atoms in total. The minimum absolute atomic E-state index is 0.0335. The number of nitrogens with zero attached hydrogens (tertiary/aromatic N) is 3. The lowest BCUT2D eigenvalue weighted by Gasteiger charge is -2.35. The summed E-state index contributed by atoms with van der Waals surface area (Å²) in [5.41, 5.74) is -0.472. The topological polar surface area (TPSA) is 62.7 Å². The fourth-order valence-electron chi connectivity index (χ4n) is 1.98. The molecule has 0 aromatic carbocycles. The van der Waals surface area contributed by atoms with E-state index in [-0.39, 0.29) is 11.9 Å². The van der Waals surface area contributed by atoms with E-state index in [1.807, 2.05) is 20.8 Å². The zero-order valence-electron chi connectivity index (χ0n) is 12.9. The van der Waals surface area contributed by atoms with Crippen LogP contribution in [0.15, 0.2) is 6.20 Å². The number of hydrogen-bond acceptors (Lipinski definition) is 6. The summed E-state index contributed by atoms with van der Waals surface area (Å²) in [5.74, 6) is 0.0335. The quantitative estimate of drug-likeness (QED) is 0.785. The molecule has 0 spiro atoms. The summed E-state index contributed by atoms with van der Waals surface area (Å²) in [6.07, 6.45) is 1.34. The molecule has 0 radical (unpaired) electrons. The molecule has 0 bridgehead atoms. The molecule has 0 saturated carbocycles. The second-order valence-corrected chi connectivity index (χ2v) is 7.03. The predicted molar refractivity (Wildman–Crippen MR) is 82.1 cm³/mol. The van der Waals surface area contributed by atoms with Gasteiger partial charge in [-0.05, 0) is 20.8 Å². The molecule has 1 saturated heterocycles. The van der Waals surface area contributed by atoms with Crippen molar-refractivity contribution in [3.05, 3.63) is 11.1 Å². The fourth-order valence-corrected chi connectivity index (χ4v) is 2.84. The largest absolute Gasteiger partial charge is 0.444 e. The van der Waals surface area contributed by atoms with Gasteiger partial charge in [-0.1, -0.05) is 11.3 Å². The van der Waals surface area contributed by atoms with E-state index in [2.05, 4.69) is 9.88 Å². The van der Waals surface area contributed by atoms with Crippen LogP contribution in [0.5, 0.6) is 0 Å². The third-order valence-corrected chi connectivity index (χ3v) is 4.20. The molecule has 1 fully saturated rings. The van der Waals surface area contributed by atoms with Crippen LogP contribution in [0.1, 0.15) is 37.4 Å². The maximum Gasteiger partial charge on any atom is 0.410 e. The van der Waals surface area contributed by atoms with E-state index in [4.69, 9.17) is 4.74 Å². The van der Waals surface area contributed by atoms with Crippen molar-refractivity contribution >= 4 is 28.3 Å². The fraction of sp³-hybridized carbons (Fsp3) is 0.643. The summed E-state index contributed by atoms with van der Waals surface area (Å²) in [4.78, 5) is 32.0. The van der Waals surface area contributed by atoms with Crippen LogP contribution in [0.4, 0.5) is 9.93 Å². The molecule has 2 heterocycles. The SMILES string of the molecule is CC(=O)c1cnc(N2CCN(C(=O)OC(C)(C)C)CC2)s1. The van der Waals surface area contributed by atoms with Crippen LogP contribution in [-0.4, -0.2) is 53.5 Å². The highest BCUT2D eigenvalue weighted by Crippen LogP contribution is 2.24. The van der Waals surface area contributed by atoms with E-state index in [0.29, 0.717) is 31.1 Å². The molecular formula is C14H21N3O3S. The number of anilines is 1. The summed E-state index contributed by atoms with van der Waals surface area (Å²) < 4.78 is 5.36. The molecule has 7 heteroatoms. The van der Waals surface area contributed by atoms with Gasteiger partial charge in [0.2, 0.25) is 0 Å². The predicted octanol–water partition coefficient (Wildman–Crippen LogP) is 2.40. The van der Waals surface area contributed by atoms with Crippen LogP contribution in [0.25, 0.3) is 0 Å². The van der Waals surface area contributed by atoms with Gasteiger partial charge in [0.25, 0.3) is 0 Å². The first-order chi connectivity index (χ1) is 9.76. The lowest BCUT2D eigenvalue weighted by Crippen LogP contribution is -2.50. The van der Waals surface area contributed by atoms with Crippen molar-refractivity contribution in [2.75, 3.05) is 31.1 Å². The van der Waals surface area contributed by atoms with E-state index in [0.717, 1.165) is 5.13 Å². The number of hydrogen-bond donors (Lipinski definition) is 0. The third kappa shape index (κ3) is 4.17. The number of Topliss-reactive ketones (excluding diaryl/α,β-unsaturated/α-hetero) is 1. The smallest absolute Gasteiger partial charge is 0.410 e. The van der Waals surface area contributed by atoms with Gasteiger partial charge in [0.15, 0.2) is 10.9 Å². The van der Waals surface area contributed by atoms with Gasteiger partial charge in [0.1, 0.15) is 5.60 Å². The number of ketones is 1. The highest BCUT2D eigenvalue weighted by molar-refractivity contribution is 7.17. The monoisotopic (exact) mass is 311 g/mol. The van der Waals surface area contributed by atoms with Gasteiger partial charge in [-0.25, -0.2) is 9.78 Å². The van der Waals surface area contributed by atoms with Crippen molar-refractivity contribution in [2.24, 2.45) is 0 Å². The highest BCUT2D eigenvalue weighted by Gasteiger charge is 2.26. The van der Waals surface area contributed by atoms with Crippen molar-refractivity contribution in [1.82, 2.24) is 9.88 Å². The van der Waals surface area contributed by atoms with Crippen molar-refractivity contribution in [3.63, 3.8) is 0 Å². The van der Waals surface area contributed by atoms with Gasteiger partial charge in [-0.3, -0.25) is 4.79 Å². The Kier molecular flexibility index (Phi) is 4.51. The first kappa shape index (κ1) is 15.8. The van der Waals surface area contributed by atoms with E-state index < -0.39 is 5.60 Å². The number of piperazine rings is 1. The van der Waals surface area contributed by atoms with Crippen LogP contribution < -0.4 is 4.90 Å². The summed E-state index contributed by atoms with van der Waals surface area (Å²) >= 11 is 1.40. The molecule has 1 aromatic rings. The standard InChI is InChI=1S/C14H21N3O3S/c1-10(18)11-9-15-12(21-11)16-5-7-17(8-6-16)13(19)20-14(2,3)4/h9H,5-8H2,1-4H3. The van der Waals surface area contributed by atoms with E-state index >= 15 is 0 Å². The molecule has 21 heavy (non-hydrogen) atoms. The van der Waals surface area contributed by atoms with Gasteiger partial charge in [0, 0.05) is 33.1 Å². The minimum atomic E-state index is -0.472. The van der Waals surface area contributed by atoms with E-state index in [9.17, 15) is 9.59 Å². The van der Waals surface area contributed by atoms with Crippen molar-refractivity contribution in [2.45, 2.75) is 33.3 Å². The van der Waals surface area contributed by atoms with Crippen molar-refractivity contribution in [1.29, 1.82) is 0 Å². The molecular weight excluding hydrogens is 290 g/mol. The van der Waals surface area contributed by atoms with Crippen LogP contribution in [-0.2, 0) is 4.74 Å². The van der Waals surface area contributed by atoms with Crippen LogP contribution in [0, 0.1) is 0 Å². The third-order valence-electron chi connectivity index (χ3n) is 3.04. The maximum atomic E-state index is 12.0. The molecule has 116 valence electrons. The molecule has 0 unspecified atom stereocenters. The van der Waals surface area contributed by atoms with Gasteiger partial charge < -0.3 is 14.5 Å². The Morgan fingerprint density at radius 3 is 2.33 bits per heavy atom. The zero-order valence-corrected chi connectivity index (χ0v) is 13.7. The average molecular weight is 311 g/mol. The number of ether oxygens (including phenoxy) is 1. The molecule has 2 rings (SSSR count). The summed E-state index contributed by atoms with van der Waals surface area (Å²) in [6, 6.07) is 0. The Bertz CT molecular complexity index is 528. The highest BCUT2D eigenvalue weighted by atomic mass is 32.1. The Hall–Kier alpha value is -1.63. The summed E-state index contributed by atoms with van der Waals surface area (Å²) in [6.45, 7) is 9.72. The second kappa shape index (κ2) is 6.01. The lowest BCUT2D eigenvalue weighted by atomic mass is 10.2. The first-order valence-electron chi connectivity index (χ1n) is 6.96. The average Bonchev–Trinajstić information content (AvgIpc) is 2.86. The zero-order chi connectivity index (χ0) is 15.6. The van der Waals surface area contributed by atoms with Gasteiger partial charge >= 0.3 is 6.09 Å². The number of thiazole rings is 1. The van der Waals surface area contributed by atoms with Gasteiger partial charge in [0.05, 0.1) is 11.1 Å². The minimum Gasteiger partial charge on any atom is -0.444 e. The van der Waals surface area contributed by atoms with Crippen molar-refractivity contribution in [3.8, 4) is 0 Å². The molecule has 1 aliphatic rings. The van der Waals surface area contributed by atoms with Crippen LogP contribution >= 0.6 is 11.3 Å². The Morgan fingerprint density at radius 2 is 1.86 bits per heavy atom. The number of carbonyl (C=O) groups excluding carboxylic acids is 2. The number of amides is 1. The van der Waals surface area contributed by atoms with Gasteiger partial charge in [-0.15, -0.1) is 0 Å². The number of carbonyl (C=O) groups is 2. The van der Waals surface area contributed by atoms with Crippen LogP contribution in [0.2, 0.25) is 0 Å². The Labute approximate surface area is 128 Å². The Morgan fingerprint density at radius 1 is 1.24 bits per heavy atom. The maximum absolute atomic E-state index is 12.0. The van der Waals surface area contributed by atoms with E-state index in [1.165, 1.54) is 18.3 Å². The molecule has 0 aliphatic carbocycles. The van der Waals surface area contributed by atoms with Crippen LogP contribution in [0.3, 0.4) is 0 Å². The molecule has 1 aliphatic heterocycles. The summed E-state index contributed by atoms with van der Waals surface area (Å²) in [5, 5.41) is 0.837.